The molecule has 1 unspecified atom stereocenters. The minimum Gasteiger partial charge on any atom is -0.462 e. The molecule has 1 atom stereocenters. The number of ether oxygens (including phenoxy) is 3. The molecule has 0 bridgehead atoms. The Morgan fingerprint density at radius 2 is 0.444 bits per heavy atom. The summed E-state index contributed by atoms with van der Waals surface area (Å²) in [7, 11) is 0. The molecule has 81 heavy (non-hydrogen) atoms. The van der Waals surface area contributed by atoms with Crippen LogP contribution in [-0.4, -0.2) is 37.2 Å². The van der Waals surface area contributed by atoms with Gasteiger partial charge in [0.05, 0.1) is 0 Å². The molecule has 0 fully saturated rings. The Morgan fingerprint density at radius 1 is 0.247 bits per heavy atom. The van der Waals surface area contributed by atoms with Crippen molar-refractivity contribution in [3.05, 3.63) is 72.9 Å². The van der Waals surface area contributed by atoms with E-state index < -0.39 is 6.10 Å². The third-order valence-electron chi connectivity index (χ3n) is 15.7. The van der Waals surface area contributed by atoms with Gasteiger partial charge in [0, 0.05) is 19.3 Å². The van der Waals surface area contributed by atoms with Gasteiger partial charge < -0.3 is 14.2 Å². The van der Waals surface area contributed by atoms with Crippen molar-refractivity contribution < 1.29 is 28.6 Å². The summed E-state index contributed by atoms with van der Waals surface area (Å²) in [6, 6.07) is 0. The van der Waals surface area contributed by atoms with E-state index in [2.05, 4.69) is 93.7 Å². The van der Waals surface area contributed by atoms with E-state index in [1.54, 1.807) is 0 Å². The smallest absolute Gasteiger partial charge is 0.306 e. The summed E-state index contributed by atoms with van der Waals surface area (Å²) in [6.45, 7) is 6.63. The summed E-state index contributed by atoms with van der Waals surface area (Å²) in [5.74, 6) is -0.877. The van der Waals surface area contributed by atoms with Crippen LogP contribution in [0.2, 0.25) is 0 Å². The van der Waals surface area contributed by atoms with Crippen molar-refractivity contribution in [3.63, 3.8) is 0 Å². The average Bonchev–Trinajstić information content (AvgIpc) is 3.47. The van der Waals surface area contributed by atoms with Gasteiger partial charge in [-0.05, 0) is 116 Å². The van der Waals surface area contributed by atoms with Crippen LogP contribution in [0, 0.1) is 0 Å². The van der Waals surface area contributed by atoms with Gasteiger partial charge in [0.1, 0.15) is 13.2 Å². The first-order valence-electron chi connectivity index (χ1n) is 35.4. The summed E-state index contributed by atoms with van der Waals surface area (Å²) >= 11 is 0. The van der Waals surface area contributed by atoms with Gasteiger partial charge in [0.15, 0.2) is 6.10 Å². The van der Waals surface area contributed by atoms with E-state index in [1.165, 1.54) is 238 Å². The number of allylic oxidation sites excluding steroid dienone is 12. The summed E-state index contributed by atoms with van der Waals surface area (Å²) in [4.78, 5) is 38.5. The third-order valence-corrected chi connectivity index (χ3v) is 15.7. The minimum absolute atomic E-state index is 0.0799. The van der Waals surface area contributed by atoms with Gasteiger partial charge in [-0.3, -0.25) is 14.4 Å². The lowest BCUT2D eigenvalue weighted by Gasteiger charge is -2.18. The maximum absolute atomic E-state index is 13.0. The molecule has 0 aliphatic heterocycles. The van der Waals surface area contributed by atoms with Crippen molar-refractivity contribution in [1.82, 2.24) is 0 Å². The number of esters is 3. The fourth-order valence-electron chi connectivity index (χ4n) is 10.3. The van der Waals surface area contributed by atoms with Crippen molar-refractivity contribution >= 4 is 17.9 Å². The fourth-order valence-corrected chi connectivity index (χ4v) is 10.3. The molecule has 0 saturated heterocycles. The first-order valence-corrected chi connectivity index (χ1v) is 35.4. The maximum atomic E-state index is 13.0. The van der Waals surface area contributed by atoms with Gasteiger partial charge in [0.25, 0.3) is 0 Å². The van der Waals surface area contributed by atoms with Crippen LogP contribution in [0.1, 0.15) is 367 Å². The molecule has 0 radical (unpaired) electrons. The quantitative estimate of drug-likeness (QED) is 0.0261. The van der Waals surface area contributed by atoms with E-state index in [0.29, 0.717) is 19.3 Å². The number of carbonyl (C=O) groups is 3. The molecule has 0 aliphatic rings. The second-order valence-electron chi connectivity index (χ2n) is 23.8. The SMILES string of the molecule is CCCCC/C=C\C/C=C\C/C=C\CCCCCCCCC(=O)OC(COC(=O)CCCCCCCCCCC/C=C\C/C=C\CCCCC)COC(=O)CCCCCCCCCCCCCCC/C=C\CCCCCCCCCC. The summed E-state index contributed by atoms with van der Waals surface area (Å²) in [5.41, 5.74) is 0. The van der Waals surface area contributed by atoms with Crippen molar-refractivity contribution in [2.45, 2.75) is 374 Å². The molecule has 0 aliphatic carbocycles. The highest BCUT2D eigenvalue weighted by Gasteiger charge is 2.19. The number of hydrogen-bond acceptors (Lipinski definition) is 6. The zero-order chi connectivity index (χ0) is 58.5. The van der Waals surface area contributed by atoms with Crippen LogP contribution < -0.4 is 0 Å². The van der Waals surface area contributed by atoms with Crippen LogP contribution in [-0.2, 0) is 28.6 Å². The lowest BCUT2D eigenvalue weighted by molar-refractivity contribution is -0.167. The Balaban J connectivity index is 4.35. The predicted octanol–water partition coefficient (Wildman–Crippen LogP) is 24.4. The zero-order valence-corrected chi connectivity index (χ0v) is 54.1. The van der Waals surface area contributed by atoms with E-state index in [1.807, 2.05) is 0 Å². The van der Waals surface area contributed by atoms with Crippen LogP contribution in [0.3, 0.4) is 0 Å². The molecule has 0 saturated carbocycles. The normalized spacial score (nSPS) is 12.5. The number of unbranched alkanes of at least 4 members (excludes halogenated alkanes) is 42. The molecule has 0 heterocycles. The van der Waals surface area contributed by atoms with Crippen molar-refractivity contribution in [1.29, 1.82) is 0 Å². The molecule has 0 aromatic heterocycles. The van der Waals surface area contributed by atoms with Crippen LogP contribution >= 0.6 is 0 Å². The molecule has 6 heteroatoms. The van der Waals surface area contributed by atoms with Crippen LogP contribution in [0.4, 0.5) is 0 Å². The highest BCUT2D eigenvalue weighted by molar-refractivity contribution is 5.71. The van der Waals surface area contributed by atoms with Gasteiger partial charge in [-0.2, -0.15) is 0 Å². The van der Waals surface area contributed by atoms with Gasteiger partial charge >= 0.3 is 17.9 Å². The van der Waals surface area contributed by atoms with E-state index >= 15 is 0 Å². The molecular weight excluding hydrogens is 997 g/mol. The number of carbonyl (C=O) groups excluding carboxylic acids is 3. The Kier molecular flexibility index (Phi) is 66.6. The van der Waals surface area contributed by atoms with Crippen molar-refractivity contribution in [3.8, 4) is 0 Å². The van der Waals surface area contributed by atoms with Crippen LogP contribution in [0.15, 0.2) is 72.9 Å². The standard InChI is InChI=1S/C75H134O6/c1-4-7-10-13-16-19-22-25-28-31-34-35-36-37-38-39-42-44-47-50-53-56-59-62-65-68-74(77)80-71-72(81-75(78)69-66-63-60-57-54-51-48-45-41-33-30-27-24-21-18-15-12-9-6-3)70-79-73(76)67-64-61-58-55-52-49-46-43-40-32-29-26-23-20-17-14-11-8-5-2/h17-18,20-21,26-27,29-31,34,41,45,72H,4-16,19,22-25,28,32-33,35-40,42-44,46-71H2,1-3H3/b20-17-,21-18-,29-26-,30-27-,34-31-,45-41-. The molecule has 0 N–H and O–H groups in total. The van der Waals surface area contributed by atoms with Crippen LogP contribution in [0.5, 0.6) is 0 Å². The number of rotatable bonds is 65. The summed E-state index contributed by atoms with van der Waals surface area (Å²) in [5, 5.41) is 0. The zero-order valence-electron chi connectivity index (χ0n) is 54.1. The largest absolute Gasteiger partial charge is 0.462 e. The van der Waals surface area contributed by atoms with Gasteiger partial charge in [-0.15, -0.1) is 0 Å². The highest BCUT2D eigenvalue weighted by Crippen LogP contribution is 2.17. The molecule has 6 nitrogen and oxygen atoms in total. The summed E-state index contributed by atoms with van der Waals surface area (Å²) < 4.78 is 17.0. The first kappa shape index (κ1) is 77.9. The fraction of sp³-hybridized carbons (Fsp3) is 0.800. The molecule has 0 aromatic rings. The third kappa shape index (κ3) is 67.5. The maximum Gasteiger partial charge on any atom is 0.306 e. The van der Waals surface area contributed by atoms with Crippen LogP contribution in [0.25, 0.3) is 0 Å². The second kappa shape index (κ2) is 69.3. The Morgan fingerprint density at radius 3 is 0.728 bits per heavy atom. The number of hydrogen-bond donors (Lipinski definition) is 0. The molecule has 470 valence electrons. The molecule has 0 amide bonds. The topological polar surface area (TPSA) is 78.9 Å². The van der Waals surface area contributed by atoms with E-state index in [0.717, 1.165) is 89.9 Å². The van der Waals surface area contributed by atoms with E-state index in [4.69, 9.17) is 14.2 Å². The monoisotopic (exact) mass is 1130 g/mol. The first-order chi connectivity index (χ1) is 40.0. The van der Waals surface area contributed by atoms with Gasteiger partial charge in [-0.25, -0.2) is 0 Å². The Labute approximate surface area is 503 Å². The molecule has 0 spiro atoms. The van der Waals surface area contributed by atoms with Gasteiger partial charge in [-0.1, -0.05) is 306 Å². The molecule has 0 rings (SSSR count). The lowest BCUT2D eigenvalue weighted by Crippen LogP contribution is -2.30. The molecular formula is C75H134O6. The molecule has 0 aromatic carbocycles. The summed E-state index contributed by atoms with van der Waals surface area (Å²) in [6.07, 6.45) is 90.6. The predicted molar refractivity (Wildman–Crippen MR) is 353 cm³/mol. The lowest BCUT2D eigenvalue weighted by atomic mass is 10.0. The second-order valence-corrected chi connectivity index (χ2v) is 23.8. The minimum atomic E-state index is -0.786. The van der Waals surface area contributed by atoms with Gasteiger partial charge in [0.2, 0.25) is 0 Å². The van der Waals surface area contributed by atoms with Crippen molar-refractivity contribution in [2.75, 3.05) is 13.2 Å². The Hall–Kier alpha value is -3.15. The average molecular weight is 1130 g/mol. The highest BCUT2D eigenvalue weighted by atomic mass is 16.6. The van der Waals surface area contributed by atoms with E-state index in [-0.39, 0.29) is 31.1 Å². The Bertz CT molecular complexity index is 1490. The van der Waals surface area contributed by atoms with Crippen molar-refractivity contribution in [2.24, 2.45) is 0 Å². The van der Waals surface area contributed by atoms with E-state index in [9.17, 15) is 14.4 Å².